The molecule has 0 atom stereocenters. The number of nitrogens with zero attached hydrogens (tertiary/aromatic N) is 1. The number of rotatable bonds is 2. The molecule has 0 aliphatic carbocycles. The minimum atomic E-state index is -0.765. The SMILES string of the molecule is Cc1ccc(-c2csc3nc(-c4c(F)cccc4F)[nH]c(=O)c23)cc1C. The van der Waals surface area contributed by atoms with Crippen molar-refractivity contribution >= 4 is 21.6 Å². The molecule has 0 radical (unpaired) electrons. The highest BCUT2D eigenvalue weighted by Crippen LogP contribution is 2.33. The molecular weight excluding hydrogens is 354 g/mol. The molecule has 4 rings (SSSR count). The minimum absolute atomic E-state index is 0.105. The predicted octanol–water partition coefficient (Wildman–Crippen LogP) is 5.21. The Morgan fingerprint density at radius 3 is 2.46 bits per heavy atom. The molecule has 0 spiro atoms. The van der Waals surface area contributed by atoms with Gasteiger partial charge in [-0.2, -0.15) is 0 Å². The van der Waals surface area contributed by atoms with Gasteiger partial charge in [0.25, 0.3) is 5.56 Å². The summed E-state index contributed by atoms with van der Waals surface area (Å²) in [6, 6.07) is 9.51. The van der Waals surface area contributed by atoms with Gasteiger partial charge in [0.1, 0.15) is 22.3 Å². The van der Waals surface area contributed by atoms with Crippen molar-refractivity contribution in [3.05, 3.63) is 74.9 Å². The number of fused-ring (bicyclic) bond motifs is 1. The molecule has 0 unspecified atom stereocenters. The molecule has 2 heterocycles. The zero-order valence-electron chi connectivity index (χ0n) is 14.1. The van der Waals surface area contributed by atoms with E-state index in [1.807, 2.05) is 37.4 Å². The van der Waals surface area contributed by atoms with Crippen LogP contribution in [0.3, 0.4) is 0 Å². The summed E-state index contributed by atoms with van der Waals surface area (Å²) in [6.07, 6.45) is 0. The summed E-state index contributed by atoms with van der Waals surface area (Å²) in [6.45, 7) is 4.03. The van der Waals surface area contributed by atoms with Gasteiger partial charge in [-0.15, -0.1) is 11.3 Å². The molecule has 1 N–H and O–H groups in total. The molecule has 0 amide bonds. The second-order valence-electron chi connectivity index (χ2n) is 6.14. The molecule has 2 aromatic carbocycles. The lowest BCUT2D eigenvalue weighted by Gasteiger charge is -2.06. The molecule has 0 aliphatic heterocycles. The summed E-state index contributed by atoms with van der Waals surface area (Å²) in [5.74, 6) is -1.64. The fourth-order valence-electron chi connectivity index (χ4n) is 2.91. The highest BCUT2D eigenvalue weighted by molar-refractivity contribution is 7.17. The van der Waals surface area contributed by atoms with Crippen LogP contribution in [0.15, 0.2) is 46.6 Å². The van der Waals surface area contributed by atoms with E-state index >= 15 is 0 Å². The Bertz CT molecular complexity index is 1190. The van der Waals surface area contributed by atoms with Crippen molar-refractivity contribution in [1.82, 2.24) is 9.97 Å². The van der Waals surface area contributed by atoms with Crippen LogP contribution in [0.4, 0.5) is 8.78 Å². The van der Waals surface area contributed by atoms with Crippen LogP contribution in [-0.4, -0.2) is 9.97 Å². The van der Waals surface area contributed by atoms with Gasteiger partial charge in [0.05, 0.1) is 10.9 Å². The summed E-state index contributed by atoms with van der Waals surface area (Å²) in [4.78, 5) is 19.9. The summed E-state index contributed by atoms with van der Waals surface area (Å²) < 4.78 is 28.0. The Morgan fingerprint density at radius 2 is 1.77 bits per heavy atom. The topological polar surface area (TPSA) is 45.8 Å². The smallest absolute Gasteiger partial charge is 0.260 e. The summed E-state index contributed by atoms with van der Waals surface area (Å²) in [5, 5.41) is 2.28. The van der Waals surface area contributed by atoms with Crippen LogP contribution in [0.1, 0.15) is 11.1 Å². The van der Waals surface area contributed by atoms with Crippen molar-refractivity contribution in [2.45, 2.75) is 13.8 Å². The number of aromatic nitrogens is 2. The standard InChI is InChI=1S/C20H14F2N2OS/c1-10-6-7-12(8-11(10)2)13-9-26-20-16(13)19(25)23-18(24-20)17-14(21)4-3-5-15(17)22/h3-9H,1-2H3,(H,23,24,25). The highest BCUT2D eigenvalue weighted by atomic mass is 32.1. The number of nitrogens with one attached hydrogen (secondary N) is 1. The van der Waals surface area contributed by atoms with Gasteiger partial charge in [0.15, 0.2) is 0 Å². The summed E-state index contributed by atoms with van der Waals surface area (Å²) >= 11 is 1.28. The van der Waals surface area contributed by atoms with E-state index in [9.17, 15) is 13.6 Å². The zero-order valence-corrected chi connectivity index (χ0v) is 14.9. The minimum Gasteiger partial charge on any atom is -0.306 e. The van der Waals surface area contributed by atoms with Crippen molar-refractivity contribution < 1.29 is 8.78 Å². The Balaban J connectivity index is 1.94. The molecule has 0 saturated heterocycles. The van der Waals surface area contributed by atoms with Gasteiger partial charge in [-0.1, -0.05) is 24.3 Å². The van der Waals surface area contributed by atoms with Gasteiger partial charge in [0, 0.05) is 10.9 Å². The molecule has 3 nitrogen and oxygen atoms in total. The van der Waals surface area contributed by atoms with E-state index in [1.165, 1.54) is 17.4 Å². The van der Waals surface area contributed by atoms with Crippen molar-refractivity contribution in [2.75, 3.05) is 0 Å². The molecule has 2 aromatic heterocycles. The van der Waals surface area contributed by atoms with Crippen LogP contribution >= 0.6 is 11.3 Å². The van der Waals surface area contributed by atoms with E-state index < -0.39 is 17.2 Å². The van der Waals surface area contributed by atoms with Crippen LogP contribution < -0.4 is 5.56 Å². The lowest BCUT2D eigenvalue weighted by molar-refractivity contribution is 0.587. The summed E-state index contributed by atoms with van der Waals surface area (Å²) in [5.41, 5.74) is 3.22. The maximum atomic E-state index is 14.0. The predicted molar refractivity (Wildman–Crippen MR) is 101 cm³/mol. The number of halogens is 2. The quantitative estimate of drug-likeness (QED) is 0.528. The maximum absolute atomic E-state index is 14.0. The molecular formula is C20H14F2N2OS. The number of aryl methyl sites for hydroxylation is 2. The normalized spacial score (nSPS) is 11.2. The third-order valence-corrected chi connectivity index (χ3v) is 5.33. The van der Waals surface area contributed by atoms with Crippen molar-refractivity contribution in [3.8, 4) is 22.5 Å². The van der Waals surface area contributed by atoms with Crippen LogP contribution in [0.25, 0.3) is 32.7 Å². The Labute approximate surface area is 152 Å². The van der Waals surface area contributed by atoms with E-state index in [0.717, 1.165) is 34.4 Å². The first-order valence-corrected chi connectivity index (χ1v) is 8.87. The van der Waals surface area contributed by atoms with Crippen LogP contribution in [0, 0.1) is 25.5 Å². The summed E-state index contributed by atoms with van der Waals surface area (Å²) in [7, 11) is 0. The van der Waals surface area contributed by atoms with Gasteiger partial charge in [0.2, 0.25) is 0 Å². The number of benzene rings is 2. The average Bonchev–Trinajstić information content (AvgIpc) is 3.02. The molecule has 130 valence electrons. The van der Waals surface area contributed by atoms with Crippen LogP contribution in [-0.2, 0) is 0 Å². The fraction of sp³-hybridized carbons (Fsp3) is 0.100. The molecule has 0 bridgehead atoms. The zero-order chi connectivity index (χ0) is 18.4. The van der Waals surface area contributed by atoms with Gasteiger partial charge in [-0.25, -0.2) is 13.8 Å². The van der Waals surface area contributed by atoms with E-state index in [-0.39, 0.29) is 11.4 Å². The van der Waals surface area contributed by atoms with Crippen LogP contribution in [0.5, 0.6) is 0 Å². The van der Waals surface area contributed by atoms with Crippen molar-refractivity contribution in [3.63, 3.8) is 0 Å². The largest absolute Gasteiger partial charge is 0.306 e. The third-order valence-electron chi connectivity index (χ3n) is 4.46. The lowest BCUT2D eigenvalue weighted by Crippen LogP contribution is -2.10. The molecule has 0 aliphatic rings. The van der Waals surface area contributed by atoms with Crippen LogP contribution in [0.2, 0.25) is 0 Å². The van der Waals surface area contributed by atoms with Crippen molar-refractivity contribution in [2.24, 2.45) is 0 Å². The van der Waals surface area contributed by atoms with E-state index in [4.69, 9.17) is 0 Å². The van der Waals surface area contributed by atoms with E-state index in [2.05, 4.69) is 9.97 Å². The molecule has 6 heteroatoms. The Hall–Kier alpha value is -2.86. The molecule has 0 fully saturated rings. The number of aromatic amines is 1. The first kappa shape index (κ1) is 16.6. The number of hydrogen-bond acceptors (Lipinski definition) is 3. The first-order chi connectivity index (χ1) is 12.5. The first-order valence-electron chi connectivity index (χ1n) is 7.99. The molecule has 4 aromatic rings. The second kappa shape index (κ2) is 6.14. The van der Waals surface area contributed by atoms with Crippen molar-refractivity contribution in [1.29, 1.82) is 0 Å². The van der Waals surface area contributed by atoms with Gasteiger partial charge in [-0.05, 0) is 42.7 Å². The van der Waals surface area contributed by atoms with Gasteiger partial charge in [-0.3, -0.25) is 4.79 Å². The van der Waals surface area contributed by atoms with Gasteiger partial charge >= 0.3 is 0 Å². The second-order valence-corrected chi connectivity index (χ2v) is 7.00. The third kappa shape index (κ3) is 2.63. The Kier molecular flexibility index (Phi) is 3.92. The lowest BCUT2D eigenvalue weighted by atomic mass is 10.0. The highest BCUT2D eigenvalue weighted by Gasteiger charge is 2.18. The van der Waals surface area contributed by atoms with Gasteiger partial charge < -0.3 is 4.98 Å². The Morgan fingerprint density at radius 1 is 1.04 bits per heavy atom. The number of hydrogen-bond donors (Lipinski definition) is 1. The van der Waals surface area contributed by atoms with E-state index in [0.29, 0.717) is 10.2 Å². The fourth-order valence-corrected chi connectivity index (χ4v) is 3.86. The van der Waals surface area contributed by atoms with E-state index in [1.54, 1.807) is 0 Å². The average molecular weight is 368 g/mol. The number of thiophene rings is 1. The molecule has 26 heavy (non-hydrogen) atoms. The molecule has 0 saturated carbocycles. The monoisotopic (exact) mass is 368 g/mol. The number of H-pyrrole nitrogens is 1. The maximum Gasteiger partial charge on any atom is 0.260 e.